The maximum atomic E-state index is 11.1. The Hall–Kier alpha value is -0.870. The van der Waals surface area contributed by atoms with Gasteiger partial charge in [0.1, 0.15) is 11.7 Å². The van der Waals surface area contributed by atoms with E-state index in [1.807, 2.05) is 6.92 Å². The highest BCUT2D eigenvalue weighted by Crippen LogP contribution is 2.07. The lowest BCUT2D eigenvalue weighted by molar-refractivity contribution is -0.266. The van der Waals surface area contributed by atoms with E-state index < -0.39 is 17.7 Å². The van der Waals surface area contributed by atoms with Gasteiger partial charge in [0.25, 0.3) is 0 Å². The molecule has 0 radical (unpaired) electrons. The quantitative estimate of drug-likeness (QED) is 0.328. The molecule has 1 atom stereocenters. The van der Waals surface area contributed by atoms with Gasteiger partial charge < -0.3 is 4.74 Å². The van der Waals surface area contributed by atoms with Gasteiger partial charge in [-0.1, -0.05) is 6.92 Å². The summed E-state index contributed by atoms with van der Waals surface area (Å²) >= 11 is 0. The van der Waals surface area contributed by atoms with Gasteiger partial charge in [0.15, 0.2) is 0 Å². The predicted octanol–water partition coefficient (Wildman–Crippen LogP) is 2.15. The number of hydrogen-bond acceptors (Lipinski definition) is 4. The van der Waals surface area contributed by atoms with Gasteiger partial charge in [-0.25, -0.2) is 9.68 Å². The monoisotopic (exact) mass is 202 g/mol. The lowest BCUT2D eigenvalue weighted by atomic mass is 10.2. The van der Waals surface area contributed by atoms with Crippen molar-refractivity contribution >= 4 is 5.97 Å². The molecule has 82 valence electrons. The second-order valence-corrected chi connectivity index (χ2v) is 3.94. The molecule has 0 bridgehead atoms. The second-order valence-electron chi connectivity index (χ2n) is 3.94. The summed E-state index contributed by atoms with van der Waals surface area (Å²) < 4.78 is 5.01. The van der Waals surface area contributed by atoms with Crippen LogP contribution in [0.4, 0.5) is 0 Å². The number of ether oxygens (including phenoxy) is 1. The number of hydrogen-bond donors (Lipinski definition) is 1. The highest BCUT2D eigenvalue weighted by Gasteiger charge is 2.14. The van der Waals surface area contributed by atoms with Crippen LogP contribution < -0.4 is 0 Å². The molecule has 0 saturated heterocycles. The van der Waals surface area contributed by atoms with Gasteiger partial charge in [-0.3, -0.25) is 5.26 Å². The molecular weight excluding hydrogens is 184 g/mol. The normalized spacial score (nSPS) is 14.4. The summed E-state index contributed by atoms with van der Waals surface area (Å²) in [5.41, 5.74) is -0.497. The predicted molar refractivity (Wildman–Crippen MR) is 52.8 cm³/mol. The summed E-state index contributed by atoms with van der Waals surface area (Å²) in [6, 6.07) is 0. The first kappa shape index (κ1) is 13.1. The van der Waals surface area contributed by atoms with Crippen molar-refractivity contribution in [2.24, 2.45) is 0 Å². The van der Waals surface area contributed by atoms with E-state index in [2.05, 4.69) is 4.89 Å². The lowest BCUT2D eigenvalue weighted by Crippen LogP contribution is -2.22. The third-order valence-corrected chi connectivity index (χ3v) is 1.39. The van der Waals surface area contributed by atoms with Crippen LogP contribution in [-0.2, 0) is 14.4 Å². The van der Waals surface area contributed by atoms with E-state index in [9.17, 15) is 4.79 Å². The molecule has 0 heterocycles. The van der Waals surface area contributed by atoms with E-state index in [-0.39, 0.29) is 0 Å². The van der Waals surface area contributed by atoms with Gasteiger partial charge in [-0.2, -0.15) is 0 Å². The number of rotatable bonds is 4. The van der Waals surface area contributed by atoms with Crippen LogP contribution in [0.25, 0.3) is 0 Å². The molecule has 0 amide bonds. The van der Waals surface area contributed by atoms with E-state index in [1.54, 1.807) is 20.8 Å². The Morgan fingerprint density at radius 3 is 2.43 bits per heavy atom. The van der Waals surface area contributed by atoms with Gasteiger partial charge in [0.2, 0.25) is 0 Å². The van der Waals surface area contributed by atoms with Crippen LogP contribution in [0, 0.1) is 0 Å². The fraction of sp³-hybridized carbons (Fsp3) is 0.700. The van der Waals surface area contributed by atoms with Crippen molar-refractivity contribution in [3.05, 3.63) is 12.2 Å². The van der Waals surface area contributed by atoms with Gasteiger partial charge >= 0.3 is 5.97 Å². The summed E-state index contributed by atoms with van der Waals surface area (Å²) in [6.07, 6.45) is 2.86. The van der Waals surface area contributed by atoms with Crippen molar-refractivity contribution in [2.75, 3.05) is 0 Å². The summed E-state index contributed by atoms with van der Waals surface area (Å²) in [4.78, 5) is 15.2. The molecule has 0 spiro atoms. The maximum Gasteiger partial charge on any atom is 0.331 e. The Labute approximate surface area is 84.4 Å². The molecule has 1 N–H and O–H groups in total. The van der Waals surface area contributed by atoms with Crippen molar-refractivity contribution in [1.29, 1.82) is 0 Å². The highest BCUT2D eigenvalue weighted by atomic mass is 17.1. The third kappa shape index (κ3) is 6.62. The topological polar surface area (TPSA) is 55.8 Å². The van der Waals surface area contributed by atoms with E-state index in [0.717, 1.165) is 0 Å². The van der Waals surface area contributed by atoms with Gasteiger partial charge in [-0.05, 0) is 33.3 Å². The first-order valence-corrected chi connectivity index (χ1v) is 4.60. The molecule has 0 fully saturated rings. The largest absolute Gasteiger partial charge is 0.457 e. The Morgan fingerprint density at radius 1 is 1.50 bits per heavy atom. The first-order chi connectivity index (χ1) is 6.39. The first-order valence-electron chi connectivity index (χ1n) is 4.60. The molecule has 0 aliphatic heterocycles. The van der Waals surface area contributed by atoms with Crippen LogP contribution in [0.5, 0.6) is 0 Å². The average molecular weight is 202 g/mol. The Kier molecular flexibility index (Phi) is 5.42. The van der Waals surface area contributed by atoms with Crippen molar-refractivity contribution in [3.8, 4) is 0 Å². The van der Waals surface area contributed by atoms with E-state index in [1.165, 1.54) is 12.2 Å². The van der Waals surface area contributed by atoms with Gasteiger partial charge in [0, 0.05) is 6.08 Å². The second kappa shape index (κ2) is 5.78. The number of esters is 1. The fourth-order valence-electron chi connectivity index (χ4n) is 0.767. The summed E-state index contributed by atoms with van der Waals surface area (Å²) in [5, 5.41) is 8.37. The molecule has 0 rings (SSSR count). The van der Waals surface area contributed by atoms with Crippen molar-refractivity contribution in [3.63, 3.8) is 0 Å². The Balaban J connectivity index is 4.05. The smallest absolute Gasteiger partial charge is 0.331 e. The Morgan fingerprint density at radius 2 is 2.07 bits per heavy atom. The van der Waals surface area contributed by atoms with E-state index >= 15 is 0 Å². The molecule has 0 aromatic heterocycles. The van der Waals surface area contributed by atoms with Crippen LogP contribution in [-0.4, -0.2) is 22.9 Å². The molecule has 0 unspecified atom stereocenters. The molecule has 4 nitrogen and oxygen atoms in total. The highest BCUT2D eigenvalue weighted by molar-refractivity contribution is 5.82. The van der Waals surface area contributed by atoms with Crippen LogP contribution in [0.1, 0.15) is 34.1 Å². The molecule has 14 heavy (non-hydrogen) atoms. The van der Waals surface area contributed by atoms with Crippen molar-refractivity contribution < 1.29 is 19.7 Å². The molecule has 0 aromatic carbocycles. The molecule has 0 saturated carbocycles. The molecule has 0 aromatic rings. The minimum absolute atomic E-state index is 0.437. The van der Waals surface area contributed by atoms with Crippen LogP contribution >= 0.6 is 0 Å². The Bertz CT molecular complexity index is 199. The summed E-state index contributed by atoms with van der Waals surface area (Å²) in [6.45, 7) is 7.20. The average Bonchev–Trinajstić information content (AvgIpc) is 2.03. The third-order valence-electron chi connectivity index (χ3n) is 1.39. The van der Waals surface area contributed by atoms with Crippen LogP contribution in [0.3, 0.4) is 0 Å². The van der Waals surface area contributed by atoms with E-state index in [0.29, 0.717) is 6.42 Å². The van der Waals surface area contributed by atoms with Crippen LogP contribution in [0.2, 0.25) is 0 Å². The van der Waals surface area contributed by atoms with E-state index in [4.69, 9.17) is 9.99 Å². The number of carbonyl (C=O) groups excluding carboxylic acids is 1. The SMILES string of the molecule is CC[C@H](/C=C/C(=O)OC(C)(C)C)OO. The van der Waals surface area contributed by atoms with Crippen LogP contribution in [0.15, 0.2) is 12.2 Å². The molecule has 4 heteroatoms. The van der Waals surface area contributed by atoms with Crippen molar-refractivity contribution in [2.45, 2.75) is 45.8 Å². The zero-order chi connectivity index (χ0) is 11.2. The fourth-order valence-corrected chi connectivity index (χ4v) is 0.767. The van der Waals surface area contributed by atoms with Gasteiger partial charge in [-0.15, -0.1) is 0 Å². The minimum Gasteiger partial charge on any atom is -0.457 e. The zero-order valence-electron chi connectivity index (χ0n) is 9.11. The van der Waals surface area contributed by atoms with Gasteiger partial charge in [0.05, 0.1) is 0 Å². The molecular formula is C10H18O4. The summed E-state index contributed by atoms with van der Waals surface area (Å²) in [7, 11) is 0. The standard InChI is InChI=1S/C10H18O4/c1-5-8(14-12)6-7-9(11)13-10(2,3)4/h6-8,12H,5H2,1-4H3/b7-6+/t8-/m1/s1. The van der Waals surface area contributed by atoms with Crippen molar-refractivity contribution in [1.82, 2.24) is 0 Å². The minimum atomic E-state index is -0.497. The molecule has 0 aliphatic carbocycles. The zero-order valence-corrected chi connectivity index (χ0v) is 9.11. The maximum absolute atomic E-state index is 11.1. The molecule has 0 aliphatic rings. The number of carbonyl (C=O) groups is 1. The summed E-state index contributed by atoms with van der Waals surface area (Å²) in [5.74, 6) is -0.437. The lowest BCUT2D eigenvalue weighted by Gasteiger charge is -2.18.